The summed E-state index contributed by atoms with van der Waals surface area (Å²) in [4.78, 5) is 27.4. The number of hydrogen-bond donors (Lipinski definition) is 1. The van der Waals surface area contributed by atoms with Crippen molar-refractivity contribution in [3.63, 3.8) is 0 Å². The lowest BCUT2D eigenvalue weighted by molar-refractivity contribution is -0.131. The third kappa shape index (κ3) is 3.71. The van der Waals surface area contributed by atoms with Crippen molar-refractivity contribution in [1.82, 2.24) is 10.2 Å². The Hall–Kier alpha value is -1.84. The molecule has 4 saturated carbocycles. The van der Waals surface area contributed by atoms with Gasteiger partial charge in [-0.2, -0.15) is 0 Å². The number of benzene rings is 1. The Morgan fingerprint density at radius 3 is 2.34 bits per heavy atom. The monoisotopic (exact) mass is 394 g/mol. The van der Waals surface area contributed by atoms with Crippen molar-refractivity contribution in [1.29, 1.82) is 0 Å². The minimum Gasteiger partial charge on any atom is -0.353 e. The summed E-state index contributed by atoms with van der Waals surface area (Å²) in [5, 5.41) is 3.38. The van der Waals surface area contributed by atoms with Crippen LogP contribution in [-0.4, -0.2) is 35.8 Å². The Labute approximate surface area is 174 Å². The zero-order valence-corrected chi connectivity index (χ0v) is 17.6. The molecule has 0 radical (unpaired) electrons. The molecule has 5 aliphatic rings. The van der Waals surface area contributed by atoms with Crippen molar-refractivity contribution >= 4 is 11.8 Å². The molecule has 2 amide bonds. The van der Waals surface area contributed by atoms with E-state index in [-0.39, 0.29) is 23.8 Å². The number of rotatable bonds is 6. The third-order valence-corrected chi connectivity index (χ3v) is 8.46. The second-order valence-electron chi connectivity index (χ2n) is 10.5. The summed E-state index contributed by atoms with van der Waals surface area (Å²) >= 11 is 0. The van der Waals surface area contributed by atoms with Gasteiger partial charge in [-0.25, -0.2) is 0 Å². The molecule has 4 heteroatoms. The van der Waals surface area contributed by atoms with Crippen LogP contribution in [0.2, 0.25) is 0 Å². The Bertz CT molecular complexity index is 739. The van der Waals surface area contributed by atoms with E-state index in [9.17, 15) is 9.59 Å². The molecule has 1 heterocycles. The van der Waals surface area contributed by atoms with Crippen LogP contribution in [0.1, 0.15) is 57.4 Å². The molecule has 0 aromatic heterocycles. The zero-order valence-electron chi connectivity index (χ0n) is 17.6. The number of carbonyl (C=O) groups is 2. The fourth-order valence-corrected chi connectivity index (χ4v) is 7.26. The van der Waals surface area contributed by atoms with E-state index in [2.05, 4.69) is 24.4 Å². The maximum atomic E-state index is 13.0. The number of nitrogens with zero attached hydrogens (tertiary/aromatic N) is 1. The van der Waals surface area contributed by atoms with E-state index in [0.29, 0.717) is 24.9 Å². The van der Waals surface area contributed by atoms with E-state index < -0.39 is 0 Å². The van der Waals surface area contributed by atoms with E-state index in [0.717, 1.165) is 24.2 Å². The van der Waals surface area contributed by atoms with Gasteiger partial charge in [0.05, 0.1) is 5.92 Å². The third-order valence-electron chi connectivity index (χ3n) is 8.46. The van der Waals surface area contributed by atoms with Gasteiger partial charge in [0.25, 0.3) is 0 Å². The molecule has 4 aliphatic carbocycles. The van der Waals surface area contributed by atoms with E-state index in [1.807, 2.05) is 23.1 Å². The van der Waals surface area contributed by atoms with Gasteiger partial charge in [0, 0.05) is 25.6 Å². The fraction of sp³-hybridized carbons (Fsp3) is 0.680. The number of hydrogen-bond acceptors (Lipinski definition) is 2. The van der Waals surface area contributed by atoms with Crippen LogP contribution in [0.5, 0.6) is 0 Å². The van der Waals surface area contributed by atoms with Gasteiger partial charge in [-0.1, -0.05) is 30.3 Å². The van der Waals surface area contributed by atoms with E-state index in [1.165, 1.54) is 44.1 Å². The first-order valence-electron chi connectivity index (χ1n) is 11.6. The molecule has 29 heavy (non-hydrogen) atoms. The molecule has 1 aromatic rings. The first-order valence-corrected chi connectivity index (χ1v) is 11.6. The van der Waals surface area contributed by atoms with E-state index in [4.69, 9.17) is 0 Å². The van der Waals surface area contributed by atoms with Gasteiger partial charge in [0.2, 0.25) is 11.8 Å². The molecule has 4 nitrogen and oxygen atoms in total. The fourth-order valence-electron chi connectivity index (χ4n) is 7.26. The smallest absolute Gasteiger partial charge is 0.225 e. The minimum absolute atomic E-state index is 0.101. The van der Waals surface area contributed by atoms with Crippen molar-refractivity contribution < 1.29 is 9.59 Å². The Morgan fingerprint density at radius 2 is 1.72 bits per heavy atom. The highest BCUT2D eigenvalue weighted by Gasteiger charge is 2.53. The van der Waals surface area contributed by atoms with Crippen molar-refractivity contribution in [3.05, 3.63) is 35.9 Å². The summed E-state index contributed by atoms with van der Waals surface area (Å²) in [6.07, 6.45) is 9.39. The summed E-state index contributed by atoms with van der Waals surface area (Å²) < 4.78 is 0. The molecule has 1 N–H and O–H groups in total. The van der Waals surface area contributed by atoms with Crippen LogP contribution in [0, 0.1) is 29.1 Å². The standard InChI is InChI=1S/C25H34N2O2/c1-17(25-13-19-9-20(14-25)11-21(10-19)15-25)26-24(29)22-12-23(28)27(16-22)8-7-18-5-3-2-4-6-18/h2-6,17,19-22H,7-16H2,1H3,(H,26,29)/t17-,19?,20?,21?,22-,25?/m1/s1. The quantitative estimate of drug-likeness (QED) is 0.798. The topological polar surface area (TPSA) is 49.4 Å². The van der Waals surface area contributed by atoms with Crippen molar-refractivity contribution in [2.75, 3.05) is 13.1 Å². The summed E-state index contributed by atoms with van der Waals surface area (Å²) in [6, 6.07) is 10.5. The largest absolute Gasteiger partial charge is 0.353 e. The predicted molar refractivity (Wildman–Crippen MR) is 113 cm³/mol. The SMILES string of the molecule is C[C@@H](NC(=O)[C@@H]1CC(=O)N(CCc2ccccc2)C1)C12CC3CC(CC(C3)C1)C2. The molecule has 0 unspecified atom stereocenters. The highest BCUT2D eigenvalue weighted by atomic mass is 16.2. The van der Waals surface area contributed by atoms with Crippen LogP contribution in [-0.2, 0) is 16.0 Å². The summed E-state index contributed by atoms with van der Waals surface area (Å²) in [5.74, 6) is 2.72. The molecule has 156 valence electrons. The highest BCUT2D eigenvalue weighted by molar-refractivity contribution is 5.89. The van der Waals surface area contributed by atoms with Gasteiger partial charge >= 0.3 is 0 Å². The van der Waals surface area contributed by atoms with Crippen molar-refractivity contribution in [2.45, 2.75) is 64.3 Å². The summed E-state index contributed by atoms with van der Waals surface area (Å²) in [7, 11) is 0. The number of carbonyl (C=O) groups excluding carboxylic acids is 2. The number of likely N-dealkylation sites (tertiary alicyclic amines) is 1. The molecular weight excluding hydrogens is 360 g/mol. The normalized spacial score (nSPS) is 36.4. The van der Waals surface area contributed by atoms with E-state index in [1.54, 1.807) is 0 Å². The molecular formula is C25H34N2O2. The maximum absolute atomic E-state index is 13.0. The van der Waals surface area contributed by atoms with Crippen molar-refractivity contribution in [2.24, 2.45) is 29.1 Å². The Morgan fingerprint density at radius 1 is 1.10 bits per heavy atom. The summed E-state index contributed by atoms with van der Waals surface area (Å²) in [6.45, 7) is 3.51. The van der Waals surface area contributed by atoms with Crippen LogP contribution in [0.4, 0.5) is 0 Å². The van der Waals surface area contributed by atoms with Crippen LogP contribution in [0.15, 0.2) is 30.3 Å². The molecule has 0 spiro atoms. The molecule has 1 aromatic carbocycles. The first kappa shape index (κ1) is 19.1. The minimum atomic E-state index is -0.186. The van der Waals surface area contributed by atoms with Gasteiger partial charge in [-0.05, 0) is 80.6 Å². The second-order valence-corrected chi connectivity index (χ2v) is 10.5. The predicted octanol–water partition coefficient (Wildman–Crippen LogP) is 3.80. The molecule has 4 bridgehead atoms. The lowest BCUT2D eigenvalue weighted by Crippen LogP contribution is -2.56. The lowest BCUT2D eigenvalue weighted by Gasteiger charge is -2.59. The second kappa shape index (κ2) is 7.45. The molecule has 6 rings (SSSR count). The average Bonchev–Trinajstić information content (AvgIpc) is 3.07. The van der Waals surface area contributed by atoms with Crippen LogP contribution < -0.4 is 5.32 Å². The molecule has 5 fully saturated rings. The molecule has 1 aliphatic heterocycles. The van der Waals surface area contributed by atoms with Crippen LogP contribution >= 0.6 is 0 Å². The van der Waals surface area contributed by atoms with E-state index >= 15 is 0 Å². The Balaban J connectivity index is 1.17. The van der Waals surface area contributed by atoms with Gasteiger partial charge in [-0.15, -0.1) is 0 Å². The summed E-state index contributed by atoms with van der Waals surface area (Å²) in [5.41, 5.74) is 1.56. The molecule has 2 atom stereocenters. The highest BCUT2D eigenvalue weighted by Crippen LogP contribution is 2.61. The van der Waals surface area contributed by atoms with Gasteiger partial charge in [-0.3, -0.25) is 9.59 Å². The zero-order chi connectivity index (χ0) is 20.0. The van der Waals surface area contributed by atoms with Gasteiger partial charge in [0.1, 0.15) is 0 Å². The van der Waals surface area contributed by atoms with Gasteiger partial charge in [0.15, 0.2) is 0 Å². The average molecular weight is 395 g/mol. The number of amides is 2. The van der Waals surface area contributed by atoms with Gasteiger partial charge < -0.3 is 10.2 Å². The Kier molecular flexibility index (Phi) is 4.92. The molecule has 1 saturated heterocycles. The number of nitrogens with one attached hydrogen (secondary N) is 1. The van der Waals surface area contributed by atoms with Crippen LogP contribution in [0.25, 0.3) is 0 Å². The van der Waals surface area contributed by atoms with Crippen LogP contribution in [0.3, 0.4) is 0 Å². The van der Waals surface area contributed by atoms with Crippen molar-refractivity contribution in [3.8, 4) is 0 Å². The maximum Gasteiger partial charge on any atom is 0.225 e. The lowest BCUT2D eigenvalue weighted by atomic mass is 9.48. The first-order chi connectivity index (χ1) is 14.0.